The first-order chi connectivity index (χ1) is 7.50. The minimum atomic E-state index is 1.04. The van der Waals surface area contributed by atoms with Crippen LogP contribution in [0.4, 0.5) is 0 Å². The van der Waals surface area contributed by atoms with Gasteiger partial charge >= 0.3 is 0 Å². The summed E-state index contributed by atoms with van der Waals surface area (Å²) in [7, 11) is 0. The molecule has 0 spiro atoms. The van der Waals surface area contributed by atoms with Crippen molar-refractivity contribution in [2.45, 2.75) is 53.4 Å². The van der Waals surface area contributed by atoms with Crippen LogP contribution in [0.5, 0.6) is 0 Å². The van der Waals surface area contributed by atoms with Crippen molar-refractivity contribution >= 4 is 0 Å². The lowest BCUT2D eigenvalue weighted by Crippen LogP contribution is -1.94. The average molecular weight is 216 g/mol. The van der Waals surface area contributed by atoms with Gasteiger partial charge in [0.25, 0.3) is 0 Å². The predicted molar refractivity (Wildman–Crippen MR) is 73.5 cm³/mol. The highest BCUT2D eigenvalue weighted by Gasteiger charge is 2.06. The standard InChI is InChI=1S/C16H24/c1-12(2)16-10-9-13(3)7-6-8-14(4)11-15(16)5/h8-9H,5-7,10-11H2,1-4H3. The Balaban J connectivity index is 2.99. The minimum absolute atomic E-state index is 1.04. The Morgan fingerprint density at radius 2 is 1.81 bits per heavy atom. The Morgan fingerprint density at radius 3 is 2.44 bits per heavy atom. The Kier molecular flexibility index (Phi) is 4.79. The lowest BCUT2D eigenvalue weighted by molar-refractivity contribution is 0.926. The summed E-state index contributed by atoms with van der Waals surface area (Å²) >= 11 is 0. The Morgan fingerprint density at radius 1 is 1.12 bits per heavy atom. The first-order valence-electron chi connectivity index (χ1n) is 6.16. The third-order valence-electron chi connectivity index (χ3n) is 3.21. The zero-order chi connectivity index (χ0) is 12.1. The molecule has 0 aromatic heterocycles. The summed E-state index contributed by atoms with van der Waals surface area (Å²) in [5.41, 5.74) is 7.09. The van der Waals surface area contributed by atoms with E-state index >= 15 is 0 Å². The molecule has 0 N–H and O–H groups in total. The van der Waals surface area contributed by atoms with Crippen LogP contribution in [-0.4, -0.2) is 0 Å². The third kappa shape index (κ3) is 3.84. The van der Waals surface area contributed by atoms with Gasteiger partial charge in [0.05, 0.1) is 0 Å². The van der Waals surface area contributed by atoms with Crippen molar-refractivity contribution in [2.75, 3.05) is 0 Å². The quantitative estimate of drug-likeness (QED) is 0.479. The summed E-state index contributed by atoms with van der Waals surface area (Å²) in [6.07, 6.45) is 9.18. The van der Waals surface area contributed by atoms with Crippen LogP contribution in [0.1, 0.15) is 53.4 Å². The average Bonchev–Trinajstić information content (AvgIpc) is 2.16. The molecular weight excluding hydrogens is 192 g/mol. The van der Waals surface area contributed by atoms with Crippen molar-refractivity contribution in [1.29, 1.82) is 0 Å². The van der Waals surface area contributed by atoms with Gasteiger partial charge in [0, 0.05) is 0 Å². The van der Waals surface area contributed by atoms with E-state index in [4.69, 9.17) is 0 Å². The molecule has 0 heteroatoms. The maximum absolute atomic E-state index is 4.24. The van der Waals surface area contributed by atoms with Gasteiger partial charge in [-0.3, -0.25) is 0 Å². The number of hydrogen-bond acceptors (Lipinski definition) is 0. The second-order valence-corrected chi connectivity index (χ2v) is 5.10. The monoisotopic (exact) mass is 216 g/mol. The number of hydrogen-bond donors (Lipinski definition) is 0. The van der Waals surface area contributed by atoms with Crippen molar-refractivity contribution in [3.63, 3.8) is 0 Å². The summed E-state index contributed by atoms with van der Waals surface area (Å²) in [6.45, 7) is 13.1. The van der Waals surface area contributed by atoms with Crippen molar-refractivity contribution in [3.8, 4) is 0 Å². The minimum Gasteiger partial charge on any atom is -0.0952 e. The lowest BCUT2D eigenvalue weighted by atomic mass is 9.92. The van der Waals surface area contributed by atoms with Gasteiger partial charge in [0.1, 0.15) is 0 Å². The van der Waals surface area contributed by atoms with Gasteiger partial charge < -0.3 is 0 Å². The molecule has 0 amide bonds. The molecule has 0 aliphatic heterocycles. The molecule has 0 atom stereocenters. The predicted octanol–water partition coefficient (Wildman–Crippen LogP) is 5.35. The fourth-order valence-corrected chi connectivity index (χ4v) is 2.14. The van der Waals surface area contributed by atoms with Crippen LogP contribution in [-0.2, 0) is 0 Å². The summed E-state index contributed by atoms with van der Waals surface area (Å²) in [5, 5.41) is 0. The van der Waals surface area contributed by atoms with E-state index < -0.39 is 0 Å². The second kappa shape index (κ2) is 5.89. The van der Waals surface area contributed by atoms with Crippen LogP contribution in [0.25, 0.3) is 0 Å². The molecule has 0 saturated carbocycles. The Bertz CT molecular complexity index is 357. The molecule has 88 valence electrons. The molecule has 0 saturated heterocycles. The molecule has 0 aromatic rings. The SMILES string of the molecule is C=C1CC(C)=CCCC(C)=CCC1=C(C)C. The highest BCUT2D eigenvalue weighted by Crippen LogP contribution is 2.26. The zero-order valence-corrected chi connectivity index (χ0v) is 11.2. The van der Waals surface area contributed by atoms with E-state index in [0.29, 0.717) is 0 Å². The lowest BCUT2D eigenvalue weighted by Gasteiger charge is -2.14. The van der Waals surface area contributed by atoms with E-state index in [1.165, 1.54) is 40.7 Å². The first kappa shape index (κ1) is 13.0. The molecule has 0 aromatic carbocycles. The van der Waals surface area contributed by atoms with E-state index in [2.05, 4.69) is 46.4 Å². The molecule has 1 aliphatic rings. The second-order valence-electron chi connectivity index (χ2n) is 5.10. The zero-order valence-electron chi connectivity index (χ0n) is 11.2. The van der Waals surface area contributed by atoms with Gasteiger partial charge in [-0.15, -0.1) is 0 Å². The van der Waals surface area contributed by atoms with E-state index in [-0.39, 0.29) is 0 Å². The van der Waals surface area contributed by atoms with Crippen LogP contribution in [0.3, 0.4) is 0 Å². The summed E-state index contributed by atoms with van der Waals surface area (Å²) in [4.78, 5) is 0. The third-order valence-corrected chi connectivity index (χ3v) is 3.21. The fraction of sp³-hybridized carbons (Fsp3) is 0.500. The number of rotatable bonds is 0. The summed E-state index contributed by atoms with van der Waals surface area (Å²) < 4.78 is 0. The highest BCUT2D eigenvalue weighted by molar-refractivity contribution is 5.37. The van der Waals surface area contributed by atoms with Gasteiger partial charge in [0.15, 0.2) is 0 Å². The maximum atomic E-state index is 4.24. The fourth-order valence-electron chi connectivity index (χ4n) is 2.14. The van der Waals surface area contributed by atoms with E-state index in [9.17, 15) is 0 Å². The van der Waals surface area contributed by atoms with Crippen LogP contribution in [0.2, 0.25) is 0 Å². The van der Waals surface area contributed by atoms with Gasteiger partial charge in [0.2, 0.25) is 0 Å². The molecule has 0 unspecified atom stereocenters. The molecule has 0 heterocycles. The molecule has 1 aliphatic carbocycles. The highest BCUT2D eigenvalue weighted by atomic mass is 14.1. The molecule has 0 bridgehead atoms. The van der Waals surface area contributed by atoms with Crippen LogP contribution >= 0.6 is 0 Å². The van der Waals surface area contributed by atoms with E-state index in [0.717, 1.165) is 12.8 Å². The molecular formula is C16H24. The molecule has 0 radical (unpaired) electrons. The van der Waals surface area contributed by atoms with Crippen molar-refractivity contribution in [1.82, 2.24) is 0 Å². The van der Waals surface area contributed by atoms with Gasteiger partial charge in [-0.1, -0.05) is 35.5 Å². The van der Waals surface area contributed by atoms with Crippen LogP contribution in [0.15, 0.2) is 46.6 Å². The summed E-state index contributed by atoms with van der Waals surface area (Å²) in [5.74, 6) is 0. The molecule has 0 nitrogen and oxygen atoms in total. The largest absolute Gasteiger partial charge is 0.0952 e. The summed E-state index contributed by atoms with van der Waals surface area (Å²) in [6, 6.07) is 0. The smallest absolute Gasteiger partial charge is 0.00729 e. The first-order valence-corrected chi connectivity index (χ1v) is 6.16. The molecule has 16 heavy (non-hydrogen) atoms. The Labute approximate surface area is 100 Å². The maximum Gasteiger partial charge on any atom is -0.00729 e. The number of allylic oxidation sites excluding steroid dienone is 7. The van der Waals surface area contributed by atoms with Crippen LogP contribution < -0.4 is 0 Å². The van der Waals surface area contributed by atoms with E-state index in [1.54, 1.807) is 0 Å². The van der Waals surface area contributed by atoms with Gasteiger partial charge in [-0.2, -0.15) is 0 Å². The normalized spacial score (nSPS) is 19.0. The van der Waals surface area contributed by atoms with E-state index in [1.807, 2.05) is 0 Å². The topological polar surface area (TPSA) is 0 Å². The molecule has 0 fully saturated rings. The van der Waals surface area contributed by atoms with Gasteiger partial charge in [-0.25, -0.2) is 0 Å². The van der Waals surface area contributed by atoms with Crippen molar-refractivity contribution in [3.05, 3.63) is 46.6 Å². The van der Waals surface area contributed by atoms with Gasteiger partial charge in [-0.05, 0) is 64.5 Å². The van der Waals surface area contributed by atoms with Crippen molar-refractivity contribution < 1.29 is 0 Å². The van der Waals surface area contributed by atoms with Crippen molar-refractivity contribution in [2.24, 2.45) is 0 Å². The Hall–Kier alpha value is -1.04. The van der Waals surface area contributed by atoms with Crippen LogP contribution in [0, 0.1) is 0 Å². The molecule has 1 rings (SSSR count).